The number of aromatic nitrogens is 3. The number of amides is 1. The molecule has 0 saturated heterocycles. The van der Waals surface area contributed by atoms with E-state index in [9.17, 15) is 4.79 Å². The fraction of sp³-hybridized carbons (Fsp3) is 0.222. The van der Waals surface area contributed by atoms with Crippen LogP contribution in [0.2, 0.25) is 5.15 Å². The van der Waals surface area contributed by atoms with Crippen LogP contribution >= 0.6 is 22.9 Å². The van der Waals surface area contributed by atoms with Gasteiger partial charge in [-0.1, -0.05) is 41.9 Å². The summed E-state index contributed by atoms with van der Waals surface area (Å²) in [6.07, 6.45) is 1.72. The maximum atomic E-state index is 11.9. The molecule has 2 aromatic heterocycles. The molecule has 3 rings (SSSR count). The van der Waals surface area contributed by atoms with Crippen molar-refractivity contribution in [2.24, 2.45) is 5.10 Å². The number of aryl methyl sites for hydroxylation is 2. The van der Waals surface area contributed by atoms with Gasteiger partial charge in [-0.3, -0.25) is 4.79 Å². The van der Waals surface area contributed by atoms with E-state index in [0.717, 1.165) is 22.0 Å². The lowest BCUT2D eigenvalue weighted by Crippen LogP contribution is -2.20. The predicted molar refractivity (Wildman–Crippen MR) is 104 cm³/mol. The number of thiazole rings is 1. The summed E-state index contributed by atoms with van der Waals surface area (Å²) in [7, 11) is 0. The van der Waals surface area contributed by atoms with Gasteiger partial charge in [0.15, 0.2) is 0 Å². The second kappa shape index (κ2) is 8.25. The summed E-state index contributed by atoms with van der Waals surface area (Å²) >= 11 is 7.93. The minimum Gasteiger partial charge on any atom is -0.273 e. The molecule has 0 aliphatic rings. The third-order valence-electron chi connectivity index (χ3n) is 3.68. The van der Waals surface area contributed by atoms with Gasteiger partial charge in [-0.15, -0.1) is 11.3 Å². The smallest absolute Gasteiger partial charge is 0.246 e. The number of nitrogens with one attached hydrogen (secondary N) is 1. The van der Waals surface area contributed by atoms with Crippen molar-refractivity contribution in [3.63, 3.8) is 0 Å². The van der Waals surface area contributed by atoms with Crippen LogP contribution in [0.15, 0.2) is 40.8 Å². The van der Waals surface area contributed by atoms with Crippen molar-refractivity contribution in [3.05, 3.63) is 68.4 Å². The molecule has 0 atom stereocenters. The maximum absolute atomic E-state index is 11.9. The highest BCUT2D eigenvalue weighted by Gasteiger charge is 2.12. The van der Waals surface area contributed by atoms with Crippen LogP contribution < -0.4 is 5.43 Å². The van der Waals surface area contributed by atoms with Crippen LogP contribution in [0.3, 0.4) is 0 Å². The van der Waals surface area contributed by atoms with E-state index in [1.807, 2.05) is 49.6 Å². The number of rotatable bonds is 6. The predicted octanol–water partition coefficient (Wildman–Crippen LogP) is 3.35. The summed E-state index contributed by atoms with van der Waals surface area (Å²) in [5.41, 5.74) is 5.78. The molecule has 1 N–H and O–H groups in total. The van der Waals surface area contributed by atoms with Gasteiger partial charge in [-0.25, -0.2) is 15.1 Å². The van der Waals surface area contributed by atoms with Crippen LogP contribution in [0, 0.1) is 13.8 Å². The van der Waals surface area contributed by atoms with E-state index in [4.69, 9.17) is 11.6 Å². The van der Waals surface area contributed by atoms with E-state index in [2.05, 4.69) is 20.6 Å². The molecule has 6 nitrogen and oxygen atoms in total. The summed E-state index contributed by atoms with van der Waals surface area (Å²) in [4.78, 5) is 16.2. The van der Waals surface area contributed by atoms with Crippen molar-refractivity contribution in [1.29, 1.82) is 0 Å². The van der Waals surface area contributed by atoms with Crippen LogP contribution in [0.5, 0.6) is 0 Å². The number of carbonyl (C=O) groups is 1. The van der Waals surface area contributed by atoms with Crippen molar-refractivity contribution in [2.45, 2.75) is 26.8 Å². The molecule has 0 aliphatic carbocycles. The van der Waals surface area contributed by atoms with Gasteiger partial charge in [0, 0.05) is 5.38 Å². The minimum absolute atomic E-state index is 0.196. The Balaban J connectivity index is 1.64. The molecule has 0 bridgehead atoms. The van der Waals surface area contributed by atoms with Gasteiger partial charge >= 0.3 is 0 Å². The lowest BCUT2D eigenvalue weighted by molar-refractivity contribution is -0.120. The van der Waals surface area contributed by atoms with Crippen molar-refractivity contribution in [1.82, 2.24) is 20.2 Å². The Morgan fingerprint density at radius 1 is 1.35 bits per heavy atom. The highest BCUT2D eigenvalue weighted by Crippen LogP contribution is 2.19. The average Bonchev–Trinajstić information content (AvgIpc) is 3.13. The quantitative estimate of drug-likeness (QED) is 0.520. The standard InChI is InChI=1S/C18H18ClN5OS/c1-12-16(9-20-22-17(25)8-15-11-26-13(2)21-15)18(19)24(23-12)10-14-6-4-3-5-7-14/h3-7,9,11H,8,10H2,1-2H3,(H,22,25). The number of hydrogen-bond acceptors (Lipinski definition) is 5. The first-order valence-electron chi connectivity index (χ1n) is 8.02. The van der Waals surface area contributed by atoms with Gasteiger partial charge in [0.05, 0.1) is 41.1 Å². The third-order valence-corrected chi connectivity index (χ3v) is 4.90. The molecule has 0 radical (unpaired) electrons. The van der Waals surface area contributed by atoms with Crippen LogP contribution in [0.4, 0.5) is 0 Å². The molecule has 26 heavy (non-hydrogen) atoms. The number of benzene rings is 1. The first-order chi connectivity index (χ1) is 12.5. The van der Waals surface area contributed by atoms with E-state index >= 15 is 0 Å². The molecule has 134 valence electrons. The molecule has 3 aromatic rings. The number of halogens is 1. The zero-order valence-electron chi connectivity index (χ0n) is 14.4. The SMILES string of the molecule is Cc1nc(CC(=O)NN=Cc2c(C)nn(Cc3ccccc3)c2Cl)cs1. The summed E-state index contributed by atoms with van der Waals surface area (Å²) in [6.45, 7) is 4.33. The fourth-order valence-corrected chi connectivity index (χ4v) is 3.33. The Labute approximate surface area is 160 Å². The molecule has 1 amide bonds. The average molecular weight is 388 g/mol. The van der Waals surface area contributed by atoms with E-state index in [1.54, 1.807) is 4.68 Å². The molecule has 8 heteroatoms. The lowest BCUT2D eigenvalue weighted by atomic mass is 10.2. The Kier molecular flexibility index (Phi) is 5.80. The summed E-state index contributed by atoms with van der Waals surface area (Å²) in [5.74, 6) is -0.225. The van der Waals surface area contributed by atoms with E-state index < -0.39 is 0 Å². The molecular weight excluding hydrogens is 370 g/mol. The number of nitrogens with zero attached hydrogens (tertiary/aromatic N) is 4. The summed E-state index contributed by atoms with van der Waals surface area (Å²) < 4.78 is 1.72. The van der Waals surface area contributed by atoms with Gasteiger partial charge in [-0.2, -0.15) is 10.2 Å². The number of hydrazone groups is 1. The summed E-state index contributed by atoms with van der Waals surface area (Å²) in [5, 5.41) is 11.7. The molecular formula is C18H18ClN5OS. The second-order valence-electron chi connectivity index (χ2n) is 5.76. The minimum atomic E-state index is -0.225. The summed E-state index contributed by atoms with van der Waals surface area (Å²) in [6, 6.07) is 9.94. The first kappa shape index (κ1) is 18.3. The molecule has 0 saturated carbocycles. The third kappa shape index (κ3) is 4.56. The topological polar surface area (TPSA) is 72.2 Å². The zero-order chi connectivity index (χ0) is 18.5. The highest BCUT2D eigenvalue weighted by molar-refractivity contribution is 7.09. The molecule has 0 unspecified atom stereocenters. The van der Waals surface area contributed by atoms with E-state index in [-0.39, 0.29) is 12.3 Å². The van der Waals surface area contributed by atoms with Gasteiger partial charge in [0.1, 0.15) is 5.15 Å². The molecule has 2 heterocycles. The molecule has 0 aliphatic heterocycles. The Hall–Kier alpha value is -2.51. The largest absolute Gasteiger partial charge is 0.273 e. The number of carbonyl (C=O) groups excluding carboxylic acids is 1. The van der Waals surface area contributed by atoms with Crippen LogP contribution in [0.25, 0.3) is 0 Å². The van der Waals surface area contributed by atoms with Crippen molar-refractivity contribution >= 4 is 35.1 Å². The zero-order valence-corrected chi connectivity index (χ0v) is 16.0. The van der Waals surface area contributed by atoms with Crippen LogP contribution in [-0.4, -0.2) is 26.9 Å². The normalized spacial score (nSPS) is 11.2. The molecule has 0 spiro atoms. The lowest BCUT2D eigenvalue weighted by Gasteiger charge is -2.03. The van der Waals surface area contributed by atoms with E-state index in [0.29, 0.717) is 17.3 Å². The Morgan fingerprint density at radius 2 is 2.12 bits per heavy atom. The van der Waals surface area contributed by atoms with Gasteiger partial charge in [0.25, 0.3) is 0 Å². The fourth-order valence-electron chi connectivity index (χ4n) is 2.44. The van der Waals surface area contributed by atoms with Crippen molar-refractivity contribution in [2.75, 3.05) is 0 Å². The monoisotopic (exact) mass is 387 g/mol. The molecule has 0 fully saturated rings. The van der Waals surface area contributed by atoms with Crippen molar-refractivity contribution in [3.8, 4) is 0 Å². The second-order valence-corrected chi connectivity index (χ2v) is 7.18. The van der Waals surface area contributed by atoms with Crippen molar-refractivity contribution < 1.29 is 4.79 Å². The first-order valence-corrected chi connectivity index (χ1v) is 9.28. The Bertz CT molecular complexity index is 932. The van der Waals surface area contributed by atoms with Gasteiger partial charge < -0.3 is 0 Å². The van der Waals surface area contributed by atoms with E-state index in [1.165, 1.54) is 17.6 Å². The maximum Gasteiger partial charge on any atom is 0.246 e. The highest BCUT2D eigenvalue weighted by atomic mass is 35.5. The Morgan fingerprint density at radius 3 is 2.81 bits per heavy atom. The van der Waals surface area contributed by atoms with Crippen LogP contribution in [-0.2, 0) is 17.8 Å². The van der Waals surface area contributed by atoms with Gasteiger partial charge in [0.2, 0.25) is 5.91 Å². The molecule has 1 aromatic carbocycles. The number of hydrogen-bond donors (Lipinski definition) is 1. The van der Waals surface area contributed by atoms with Gasteiger partial charge in [-0.05, 0) is 19.4 Å². The van der Waals surface area contributed by atoms with Crippen LogP contribution in [0.1, 0.15) is 27.5 Å².